The Morgan fingerprint density at radius 1 is 1.15 bits per heavy atom. The maximum absolute atomic E-state index is 4.58. The fraction of sp³-hybridized carbons (Fsp3) is 0.500. The molecule has 0 spiro atoms. The maximum Gasteiger partial charge on any atom is 0.0705 e. The zero-order valence-electron chi connectivity index (χ0n) is 13.1. The van der Waals surface area contributed by atoms with E-state index in [0.717, 1.165) is 17.8 Å². The van der Waals surface area contributed by atoms with Crippen molar-refractivity contribution in [3.8, 4) is 0 Å². The van der Waals surface area contributed by atoms with Gasteiger partial charge in [0.05, 0.1) is 5.52 Å². The number of nitrogens with zero attached hydrogens (tertiary/aromatic N) is 1. The van der Waals surface area contributed by atoms with Crippen LogP contribution in [-0.2, 0) is 0 Å². The van der Waals surface area contributed by atoms with E-state index < -0.39 is 0 Å². The largest absolute Gasteiger partial charge is 0.310 e. The van der Waals surface area contributed by atoms with E-state index >= 15 is 0 Å². The Balaban J connectivity index is 2.34. The van der Waals surface area contributed by atoms with E-state index in [2.05, 4.69) is 61.4 Å². The molecular formula is C18H26N2. The van der Waals surface area contributed by atoms with Gasteiger partial charge in [-0.2, -0.15) is 0 Å². The van der Waals surface area contributed by atoms with Crippen molar-refractivity contribution in [1.29, 1.82) is 0 Å². The Morgan fingerprint density at radius 2 is 1.95 bits per heavy atom. The van der Waals surface area contributed by atoms with Crippen LogP contribution in [0.4, 0.5) is 0 Å². The quantitative estimate of drug-likeness (QED) is 0.827. The Morgan fingerprint density at radius 3 is 2.65 bits per heavy atom. The fourth-order valence-corrected chi connectivity index (χ4v) is 2.62. The third-order valence-corrected chi connectivity index (χ3v) is 4.04. The van der Waals surface area contributed by atoms with Crippen molar-refractivity contribution in [3.05, 3.63) is 41.6 Å². The van der Waals surface area contributed by atoms with E-state index in [1.165, 1.54) is 23.8 Å². The van der Waals surface area contributed by atoms with Gasteiger partial charge in [0.1, 0.15) is 0 Å². The van der Waals surface area contributed by atoms with Crippen LogP contribution < -0.4 is 5.32 Å². The molecule has 2 rings (SSSR count). The number of rotatable bonds is 6. The standard InChI is InChI=1S/C18H26N2/c1-5-11-19-18(13(3)6-2)16-9-10-17-15(12-16)8-7-14(4)20-17/h7-10,12-13,18-19H,5-6,11H2,1-4H3. The van der Waals surface area contributed by atoms with Crippen molar-refractivity contribution in [1.82, 2.24) is 10.3 Å². The van der Waals surface area contributed by atoms with Gasteiger partial charge in [-0.05, 0) is 49.6 Å². The molecular weight excluding hydrogens is 244 g/mol. The normalized spacial score (nSPS) is 14.4. The Hall–Kier alpha value is -1.41. The highest BCUT2D eigenvalue weighted by Crippen LogP contribution is 2.27. The first-order chi connectivity index (χ1) is 9.65. The lowest BCUT2D eigenvalue weighted by atomic mass is 9.91. The molecule has 1 aromatic carbocycles. The zero-order chi connectivity index (χ0) is 14.5. The fourth-order valence-electron chi connectivity index (χ4n) is 2.62. The second-order valence-corrected chi connectivity index (χ2v) is 5.72. The first-order valence-electron chi connectivity index (χ1n) is 7.76. The highest BCUT2D eigenvalue weighted by atomic mass is 14.9. The van der Waals surface area contributed by atoms with Gasteiger partial charge >= 0.3 is 0 Å². The smallest absolute Gasteiger partial charge is 0.0705 e. The molecule has 1 aromatic heterocycles. The second kappa shape index (κ2) is 6.85. The zero-order valence-corrected chi connectivity index (χ0v) is 13.1. The molecule has 2 nitrogen and oxygen atoms in total. The molecule has 0 saturated carbocycles. The van der Waals surface area contributed by atoms with E-state index in [4.69, 9.17) is 0 Å². The van der Waals surface area contributed by atoms with Gasteiger partial charge < -0.3 is 5.32 Å². The lowest BCUT2D eigenvalue weighted by Crippen LogP contribution is -2.27. The number of benzene rings is 1. The van der Waals surface area contributed by atoms with Crippen LogP contribution in [0.1, 0.15) is 50.9 Å². The molecule has 1 heterocycles. The molecule has 1 N–H and O–H groups in total. The molecule has 0 fully saturated rings. The summed E-state index contributed by atoms with van der Waals surface area (Å²) in [7, 11) is 0. The van der Waals surface area contributed by atoms with Crippen LogP contribution in [0.15, 0.2) is 30.3 Å². The molecule has 2 atom stereocenters. The van der Waals surface area contributed by atoms with Crippen molar-refractivity contribution < 1.29 is 0 Å². The molecule has 0 aliphatic carbocycles. The summed E-state index contributed by atoms with van der Waals surface area (Å²) in [4.78, 5) is 4.58. The highest BCUT2D eigenvalue weighted by Gasteiger charge is 2.17. The van der Waals surface area contributed by atoms with Crippen LogP contribution in [0.25, 0.3) is 10.9 Å². The number of fused-ring (bicyclic) bond motifs is 1. The van der Waals surface area contributed by atoms with Gasteiger partial charge in [-0.15, -0.1) is 0 Å². The molecule has 2 aromatic rings. The summed E-state index contributed by atoms with van der Waals surface area (Å²) in [6.07, 6.45) is 2.35. The number of pyridine rings is 1. The molecule has 0 aliphatic rings. The third kappa shape index (κ3) is 3.37. The molecule has 2 heteroatoms. The number of hydrogen-bond donors (Lipinski definition) is 1. The van der Waals surface area contributed by atoms with Crippen molar-refractivity contribution in [2.45, 2.75) is 46.6 Å². The van der Waals surface area contributed by atoms with E-state index in [1.807, 2.05) is 6.92 Å². The summed E-state index contributed by atoms with van der Waals surface area (Å²) in [5.41, 5.74) is 3.55. The first-order valence-corrected chi connectivity index (χ1v) is 7.76. The van der Waals surface area contributed by atoms with Gasteiger partial charge in [0.2, 0.25) is 0 Å². The Kier molecular flexibility index (Phi) is 5.13. The highest BCUT2D eigenvalue weighted by molar-refractivity contribution is 5.79. The lowest BCUT2D eigenvalue weighted by Gasteiger charge is -2.25. The van der Waals surface area contributed by atoms with Crippen LogP contribution in [0.5, 0.6) is 0 Å². The summed E-state index contributed by atoms with van der Waals surface area (Å²) in [5, 5.41) is 4.93. The molecule has 0 aliphatic heterocycles. The van der Waals surface area contributed by atoms with E-state index in [9.17, 15) is 0 Å². The lowest BCUT2D eigenvalue weighted by molar-refractivity contribution is 0.377. The number of nitrogens with one attached hydrogen (secondary N) is 1. The summed E-state index contributed by atoms with van der Waals surface area (Å²) in [6.45, 7) is 9.91. The molecule has 0 radical (unpaired) electrons. The average molecular weight is 270 g/mol. The van der Waals surface area contributed by atoms with Crippen LogP contribution in [-0.4, -0.2) is 11.5 Å². The Labute approximate surface area is 122 Å². The van der Waals surface area contributed by atoms with Gasteiger partial charge in [0.25, 0.3) is 0 Å². The average Bonchev–Trinajstić information content (AvgIpc) is 2.47. The van der Waals surface area contributed by atoms with Gasteiger partial charge in [-0.25, -0.2) is 0 Å². The minimum absolute atomic E-state index is 0.436. The summed E-state index contributed by atoms with van der Waals surface area (Å²) >= 11 is 0. The van der Waals surface area contributed by atoms with Crippen LogP contribution in [0.3, 0.4) is 0 Å². The maximum atomic E-state index is 4.58. The SMILES string of the molecule is CCCNC(c1ccc2nc(C)ccc2c1)C(C)CC. The van der Waals surface area contributed by atoms with Gasteiger partial charge in [0.15, 0.2) is 0 Å². The topological polar surface area (TPSA) is 24.9 Å². The minimum Gasteiger partial charge on any atom is -0.310 e. The van der Waals surface area contributed by atoms with E-state index in [-0.39, 0.29) is 0 Å². The Bertz CT molecular complexity index is 562. The molecule has 20 heavy (non-hydrogen) atoms. The van der Waals surface area contributed by atoms with Crippen molar-refractivity contribution in [3.63, 3.8) is 0 Å². The predicted octanol–water partition coefficient (Wildman–Crippen LogP) is 4.63. The van der Waals surface area contributed by atoms with Crippen LogP contribution in [0, 0.1) is 12.8 Å². The molecule has 0 amide bonds. The van der Waals surface area contributed by atoms with E-state index in [0.29, 0.717) is 12.0 Å². The molecule has 0 bridgehead atoms. The molecule has 0 saturated heterocycles. The minimum atomic E-state index is 0.436. The van der Waals surface area contributed by atoms with Crippen LogP contribution in [0.2, 0.25) is 0 Å². The predicted molar refractivity (Wildman–Crippen MR) is 87.0 cm³/mol. The van der Waals surface area contributed by atoms with Crippen molar-refractivity contribution >= 4 is 10.9 Å². The number of aryl methyl sites for hydroxylation is 1. The number of aromatic nitrogens is 1. The van der Waals surface area contributed by atoms with Gasteiger partial charge in [-0.3, -0.25) is 4.98 Å². The molecule has 2 unspecified atom stereocenters. The monoisotopic (exact) mass is 270 g/mol. The van der Waals surface area contributed by atoms with Crippen molar-refractivity contribution in [2.24, 2.45) is 5.92 Å². The number of hydrogen-bond acceptors (Lipinski definition) is 2. The van der Waals surface area contributed by atoms with Gasteiger partial charge in [-0.1, -0.05) is 39.3 Å². The summed E-state index contributed by atoms with van der Waals surface area (Å²) in [6, 6.07) is 11.4. The molecule has 108 valence electrons. The summed E-state index contributed by atoms with van der Waals surface area (Å²) in [5.74, 6) is 0.636. The van der Waals surface area contributed by atoms with Gasteiger partial charge in [0, 0.05) is 17.1 Å². The van der Waals surface area contributed by atoms with Crippen LogP contribution >= 0.6 is 0 Å². The third-order valence-electron chi connectivity index (χ3n) is 4.04. The van der Waals surface area contributed by atoms with Crippen molar-refractivity contribution in [2.75, 3.05) is 6.54 Å². The first kappa shape index (κ1) is 15.0. The second-order valence-electron chi connectivity index (χ2n) is 5.72. The van der Waals surface area contributed by atoms with E-state index in [1.54, 1.807) is 0 Å². The summed E-state index contributed by atoms with van der Waals surface area (Å²) < 4.78 is 0.